The second-order valence-electron chi connectivity index (χ2n) is 5.48. The lowest BCUT2D eigenvalue weighted by Gasteiger charge is -2.17. The second-order valence-corrected chi connectivity index (χ2v) is 5.48. The molecule has 1 amide bonds. The molecular formula is C18H22FN5O2. The molecule has 0 aliphatic rings. The number of guanidine groups is 1. The molecule has 0 aliphatic heterocycles. The molecule has 0 saturated carbocycles. The van der Waals surface area contributed by atoms with Crippen molar-refractivity contribution < 1.29 is 13.9 Å². The van der Waals surface area contributed by atoms with Gasteiger partial charge in [0.15, 0.2) is 5.96 Å². The van der Waals surface area contributed by atoms with E-state index in [0.717, 1.165) is 0 Å². The van der Waals surface area contributed by atoms with Crippen LogP contribution in [0, 0.1) is 5.82 Å². The molecular weight excluding hydrogens is 337 g/mol. The number of hydrogen-bond donors (Lipinski definition) is 3. The van der Waals surface area contributed by atoms with E-state index in [1.54, 1.807) is 43.7 Å². The zero-order valence-electron chi connectivity index (χ0n) is 14.7. The summed E-state index contributed by atoms with van der Waals surface area (Å²) in [6.07, 6.45) is 3.03. The van der Waals surface area contributed by atoms with E-state index in [-0.39, 0.29) is 24.4 Å². The number of aliphatic imine (C=N–C) groups is 1. The number of anilines is 1. The van der Waals surface area contributed by atoms with E-state index in [9.17, 15) is 9.18 Å². The van der Waals surface area contributed by atoms with Crippen molar-refractivity contribution in [3.05, 3.63) is 54.6 Å². The summed E-state index contributed by atoms with van der Waals surface area (Å²) in [5, 5.41) is 8.71. The lowest BCUT2D eigenvalue weighted by molar-refractivity contribution is -0.115. The number of hydrogen-bond acceptors (Lipinski definition) is 4. The van der Waals surface area contributed by atoms with Crippen LogP contribution in [0.5, 0.6) is 5.75 Å². The molecule has 1 unspecified atom stereocenters. The highest BCUT2D eigenvalue weighted by Gasteiger charge is 2.08. The number of rotatable bonds is 7. The van der Waals surface area contributed by atoms with Gasteiger partial charge in [-0.05, 0) is 43.3 Å². The summed E-state index contributed by atoms with van der Waals surface area (Å²) in [4.78, 5) is 19.9. The Hall–Kier alpha value is -3.16. The van der Waals surface area contributed by atoms with Gasteiger partial charge in [-0.2, -0.15) is 0 Å². The summed E-state index contributed by atoms with van der Waals surface area (Å²) in [6.45, 7) is 2.39. The monoisotopic (exact) mass is 359 g/mol. The minimum atomic E-state index is -0.308. The predicted molar refractivity (Wildman–Crippen MR) is 98.7 cm³/mol. The van der Waals surface area contributed by atoms with E-state index >= 15 is 0 Å². The smallest absolute Gasteiger partial charge is 0.243 e. The largest absolute Gasteiger partial charge is 0.489 e. The molecule has 1 atom stereocenters. The van der Waals surface area contributed by atoms with Crippen molar-refractivity contribution in [1.82, 2.24) is 15.6 Å². The molecule has 7 nitrogen and oxygen atoms in total. The van der Waals surface area contributed by atoms with Crippen molar-refractivity contribution in [2.24, 2.45) is 4.99 Å². The maximum atomic E-state index is 12.9. The molecule has 0 radical (unpaired) electrons. The third kappa shape index (κ3) is 6.76. The van der Waals surface area contributed by atoms with Crippen molar-refractivity contribution in [3.63, 3.8) is 0 Å². The maximum absolute atomic E-state index is 12.9. The maximum Gasteiger partial charge on any atom is 0.243 e. The predicted octanol–water partition coefficient (Wildman–Crippen LogP) is 1.79. The zero-order chi connectivity index (χ0) is 18.8. The van der Waals surface area contributed by atoms with Gasteiger partial charge in [-0.3, -0.25) is 14.8 Å². The number of aromatic nitrogens is 1. The molecule has 0 fully saturated rings. The summed E-state index contributed by atoms with van der Waals surface area (Å²) < 4.78 is 18.6. The Morgan fingerprint density at radius 2 is 2.04 bits per heavy atom. The van der Waals surface area contributed by atoms with Crippen molar-refractivity contribution in [3.8, 4) is 5.75 Å². The van der Waals surface area contributed by atoms with Crippen molar-refractivity contribution in [2.75, 3.05) is 25.5 Å². The molecule has 0 spiro atoms. The minimum absolute atomic E-state index is 0.0573. The van der Waals surface area contributed by atoms with Crippen molar-refractivity contribution in [1.29, 1.82) is 0 Å². The standard InChI is InChI=1S/C18H22FN5O2/c1-13(26-16-7-5-14(19)6-8-16)10-22-18(20-2)23-12-17(25)24-15-4-3-9-21-11-15/h3-9,11,13H,10,12H2,1-2H3,(H,24,25)(H2,20,22,23). The van der Waals surface area contributed by atoms with E-state index in [1.807, 2.05) is 6.92 Å². The summed E-state index contributed by atoms with van der Waals surface area (Å²) in [5.41, 5.74) is 0.628. The number of carbonyl (C=O) groups is 1. The topological polar surface area (TPSA) is 87.6 Å². The number of halogens is 1. The van der Waals surface area contributed by atoms with Crippen LogP contribution in [0.15, 0.2) is 53.8 Å². The zero-order valence-corrected chi connectivity index (χ0v) is 14.7. The van der Waals surface area contributed by atoms with Crippen LogP contribution >= 0.6 is 0 Å². The summed E-state index contributed by atoms with van der Waals surface area (Å²) >= 11 is 0. The number of benzene rings is 1. The Morgan fingerprint density at radius 1 is 1.27 bits per heavy atom. The molecule has 1 aromatic heterocycles. The van der Waals surface area contributed by atoms with E-state index < -0.39 is 0 Å². The number of carbonyl (C=O) groups excluding carboxylic acids is 1. The van der Waals surface area contributed by atoms with Crippen LogP contribution in [0.2, 0.25) is 0 Å². The molecule has 1 aromatic carbocycles. The third-order valence-corrected chi connectivity index (χ3v) is 3.29. The van der Waals surface area contributed by atoms with Gasteiger partial charge in [0.1, 0.15) is 17.7 Å². The summed E-state index contributed by atoms with van der Waals surface area (Å²) in [6, 6.07) is 9.33. The Kier molecular flexibility index (Phi) is 7.35. The highest BCUT2D eigenvalue weighted by atomic mass is 19.1. The van der Waals surface area contributed by atoms with Crippen LogP contribution in [0.4, 0.5) is 10.1 Å². The highest BCUT2D eigenvalue weighted by molar-refractivity contribution is 5.94. The lowest BCUT2D eigenvalue weighted by Crippen LogP contribution is -2.44. The van der Waals surface area contributed by atoms with Crippen LogP contribution in [-0.4, -0.2) is 43.1 Å². The second kappa shape index (κ2) is 9.97. The van der Waals surface area contributed by atoms with Crippen molar-refractivity contribution in [2.45, 2.75) is 13.0 Å². The van der Waals surface area contributed by atoms with Gasteiger partial charge in [0, 0.05) is 13.2 Å². The number of nitrogens with zero attached hydrogens (tertiary/aromatic N) is 2. The molecule has 0 saturated heterocycles. The van der Waals surface area contributed by atoms with Crippen LogP contribution in [0.25, 0.3) is 0 Å². The first-order valence-corrected chi connectivity index (χ1v) is 8.13. The molecule has 8 heteroatoms. The van der Waals surface area contributed by atoms with Gasteiger partial charge >= 0.3 is 0 Å². The van der Waals surface area contributed by atoms with E-state index in [1.165, 1.54) is 12.1 Å². The van der Waals surface area contributed by atoms with Gasteiger partial charge in [-0.25, -0.2) is 4.39 Å². The lowest BCUT2D eigenvalue weighted by atomic mass is 10.3. The summed E-state index contributed by atoms with van der Waals surface area (Å²) in [5.74, 6) is 0.536. The van der Waals surface area contributed by atoms with Crippen LogP contribution in [0.3, 0.4) is 0 Å². The number of ether oxygens (including phenoxy) is 1. The average molecular weight is 359 g/mol. The van der Waals surface area contributed by atoms with Crippen molar-refractivity contribution >= 4 is 17.6 Å². The van der Waals surface area contributed by atoms with Gasteiger partial charge in [-0.15, -0.1) is 0 Å². The third-order valence-electron chi connectivity index (χ3n) is 3.29. The van der Waals surface area contributed by atoms with Gasteiger partial charge in [-0.1, -0.05) is 0 Å². The van der Waals surface area contributed by atoms with Gasteiger partial charge in [0.2, 0.25) is 5.91 Å². The fourth-order valence-electron chi connectivity index (χ4n) is 2.05. The fraction of sp³-hybridized carbons (Fsp3) is 0.278. The fourth-order valence-corrected chi connectivity index (χ4v) is 2.05. The molecule has 3 N–H and O–H groups in total. The Labute approximate surface area is 151 Å². The van der Waals surface area contributed by atoms with Gasteiger partial charge < -0.3 is 20.7 Å². The SMILES string of the molecule is CN=C(NCC(=O)Nc1cccnc1)NCC(C)Oc1ccc(F)cc1. The normalized spacial score (nSPS) is 12.2. The first kappa shape index (κ1) is 19.2. The molecule has 2 rings (SSSR count). The van der Waals surface area contributed by atoms with E-state index in [4.69, 9.17) is 4.74 Å². The quantitative estimate of drug-likeness (QED) is 0.518. The Bertz CT molecular complexity index is 722. The summed E-state index contributed by atoms with van der Waals surface area (Å²) in [7, 11) is 1.61. The van der Waals surface area contributed by atoms with Crippen LogP contribution in [-0.2, 0) is 4.79 Å². The van der Waals surface area contributed by atoms with Gasteiger partial charge in [0.25, 0.3) is 0 Å². The Balaban J connectivity index is 1.71. The number of nitrogens with one attached hydrogen (secondary N) is 3. The van der Waals surface area contributed by atoms with E-state index in [0.29, 0.717) is 23.9 Å². The van der Waals surface area contributed by atoms with E-state index in [2.05, 4.69) is 25.9 Å². The molecule has 1 heterocycles. The molecule has 26 heavy (non-hydrogen) atoms. The highest BCUT2D eigenvalue weighted by Crippen LogP contribution is 2.12. The van der Waals surface area contributed by atoms with Crippen LogP contribution < -0.4 is 20.7 Å². The minimum Gasteiger partial charge on any atom is -0.489 e. The molecule has 0 bridgehead atoms. The number of amides is 1. The van der Waals surface area contributed by atoms with Crippen LogP contribution in [0.1, 0.15) is 6.92 Å². The molecule has 0 aliphatic carbocycles. The first-order chi connectivity index (χ1) is 12.6. The number of pyridine rings is 1. The Morgan fingerprint density at radius 3 is 2.69 bits per heavy atom. The first-order valence-electron chi connectivity index (χ1n) is 8.13. The molecule has 138 valence electrons. The average Bonchev–Trinajstić information content (AvgIpc) is 2.64. The molecule has 2 aromatic rings. The van der Waals surface area contributed by atoms with Gasteiger partial charge in [0.05, 0.1) is 25.0 Å².